The Morgan fingerprint density at radius 1 is 0.885 bits per heavy atom. The molecule has 0 bridgehead atoms. The Hall–Kier alpha value is -3.03. The molecule has 0 radical (unpaired) electrons. The van der Waals surface area contributed by atoms with Crippen molar-refractivity contribution in [1.29, 1.82) is 0 Å². The molecule has 26 heavy (non-hydrogen) atoms. The van der Waals surface area contributed by atoms with Crippen molar-refractivity contribution in [1.82, 2.24) is 4.72 Å². The normalized spacial score (nSPS) is 15.7. The molecule has 0 unspecified atom stereocenters. The van der Waals surface area contributed by atoms with E-state index in [0.717, 1.165) is 0 Å². The molecule has 2 aromatic rings. The molecule has 0 spiro atoms. The smallest absolute Gasteiger partial charge is 0.242 e. The Kier molecular flexibility index (Phi) is 3.64. The van der Waals surface area contributed by atoms with Gasteiger partial charge in [0, 0.05) is 11.1 Å². The van der Waals surface area contributed by atoms with Crippen molar-refractivity contribution in [2.75, 3.05) is 12.4 Å². The number of hydrogen-bond donors (Lipinski definition) is 2. The van der Waals surface area contributed by atoms with Gasteiger partial charge in [0.15, 0.2) is 11.6 Å². The van der Waals surface area contributed by atoms with E-state index < -0.39 is 10.0 Å². The van der Waals surface area contributed by atoms with Crippen LogP contribution in [0.15, 0.2) is 64.7 Å². The maximum atomic E-state index is 12.7. The molecule has 0 fully saturated rings. The van der Waals surface area contributed by atoms with E-state index in [0.29, 0.717) is 28.1 Å². The third kappa shape index (κ3) is 2.33. The summed E-state index contributed by atoms with van der Waals surface area (Å²) in [6.07, 6.45) is 3.31. The third-order valence-electron chi connectivity index (χ3n) is 4.45. The van der Waals surface area contributed by atoms with Crippen molar-refractivity contribution < 1.29 is 18.0 Å². The van der Waals surface area contributed by atoms with Crippen molar-refractivity contribution >= 4 is 33.4 Å². The van der Waals surface area contributed by atoms with E-state index in [-0.39, 0.29) is 22.0 Å². The van der Waals surface area contributed by atoms with Gasteiger partial charge >= 0.3 is 0 Å². The molecule has 2 aliphatic rings. The number of fused-ring (bicyclic) bond motifs is 2. The van der Waals surface area contributed by atoms with Crippen molar-refractivity contribution in [3.8, 4) is 0 Å². The molecule has 0 saturated carbocycles. The van der Waals surface area contributed by atoms with Crippen LogP contribution in [0.4, 0.5) is 5.69 Å². The first-order chi connectivity index (χ1) is 12.4. The van der Waals surface area contributed by atoms with Gasteiger partial charge in [-0.25, -0.2) is 13.1 Å². The van der Waals surface area contributed by atoms with Crippen LogP contribution in [0.2, 0.25) is 0 Å². The molecule has 7 heteroatoms. The molecule has 4 rings (SSSR count). The fourth-order valence-electron chi connectivity index (χ4n) is 3.15. The lowest BCUT2D eigenvalue weighted by molar-refractivity contribution is 0.0987. The highest BCUT2D eigenvalue weighted by Crippen LogP contribution is 2.35. The third-order valence-corrected chi connectivity index (χ3v) is 5.90. The SMILES string of the molecule is CNS(=O)(=O)c1cccc2c1NC(=C1C(=O)c3ccccc3C1=O)C=C2. The number of Topliss-reactive ketones (excluding diaryl/α,β-unsaturated/α-hetero) is 2. The van der Waals surface area contributed by atoms with Crippen LogP contribution < -0.4 is 10.0 Å². The Bertz CT molecular complexity index is 1110. The lowest BCUT2D eigenvalue weighted by atomic mass is 10.0. The first-order valence-corrected chi connectivity index (χ1v) is 9.37. The first-order valence-electron chi connectivity index (χ1n) is 7.88. The monoisotopic (exact) mass is 366 g/mol. The predicted molar refractivity (Wildman–Crippen MR) is 97.5 cm³/mol. The Morgan fingerprint density at radius 3 is 2.15 bits per heavy atom. The average Bonchev–Trinajstić information content (AvgIpc) is 2.92. The summed E-state index contributed by atoms with van der Waals surface area (Å²) in [4.78, 5) is 25.4. The molecule has 1 heterocycles. The average molecular weight is 366 g/mol. The Balaban J connectivity index is 1.88. The van der Waals surface area contributed by atoms with Crippen LogP contribution >= 0.6 is 0 Å². The number of anilines is 1. The zero-order valence-electron chi connectivity index (χ0n) is 13.7. The van der Waals surface area contributed by atoms with Gasteiger partial charge in [-0.05, 0) is 24.8 Å². The van der Waals surface area contributed by atoms with Crippen molar-refractivity contribution in [2.24, 2.45) is 0 Å². The molecule has 6 nitrogen and oxygen atoms in total. The summed E-state index contributed by atoms with van der Waals surface area (Å²) in [7, 11) is -2.38. The number of ketones is 2. The van der Waals surface area contributed by atoms with E-state index in [4.69, 9.17) is 0 Å². The van der Waals surface area contributed by atoms with Gasteiger partial charge in [-0.1, -0.05) is 42.5 Å². The number of benzene rings is 2. The van der Waals surface area contributed by atoms with Crippen molar-refractivity contribution in [2.45, 2.75) is 4.90 Å². The quantitative estimate of drug-likeness (QED) is 0.629. The predicted octanol–water partition coefficient (Wildman–Crippen LogP) is 2.37. The zero-order valence-corrected chi connectivity index (χ0v) is 14.6. The minimum absolute atomic E-state index is 0.0183. The molecule has 2 aromatic carbocycles. The van der Waals surface area contributed by atoms with E-state index in [2.05, 4.69) is 10.0 Å². The molecule has 1 aliphatic carbocycles. The molecular weight excluding hydrogens is 352 g/mol. The van der Waals surface area contributed by atoms with Gasteiger partial charge in [-0.15, -0.1) is 0 Å². The lowest BCUT2D eigenvalue weighted by Crippen LogP contribution is -2.22. The number of carbonyl (C=O) groups excluding carboxylic acids is 2. The molecule has 2 N–H and O–H groups in total. The molecular formula is C19H14N2O4S. The fraction of sp³-hybridized carbons (Fsp3) is 0.0526. The Morgan fingerprint density at radius 2 is 1.54 bits per heavy atom. The second-order valence-electron chi connectivity index (χ2n) is 5.88. The van der Waals surface area contributed by atoms with Gasteiger partial charge < -0.3 is 5.32 Å². The van der Waals surface area contributed by atoms with E-state index in [1.165, 1.54) is 13.1 Å². The summed E-state index contributed by atoms with van der Waals surface area (Å²) in [5, 5.41) is 2.98. The topological polar surface area (TPSA) is 92.3 Å². The van der Waals surface area contributed by atoms with Gasteiger partial charge in [0.25, 0.3) is 0 Å². The van der Waals surface area contributed by atoms with E-state index in [1.54, 1.807) is 48.6 Å². The van der Waals surface area contributed by atoms with E-state index >= 15 is 0 Å². The number of allylic oxidation sites excluding steroid dienone is 2. The Labute approximate surface area is 150 Å². The second kappa shape index (κ2) is 5.76. The van der Waals surface area contributed by atoms with Gasteiger partial charge in [0.1, 0.15) is 4.90 Å². The highest BCUT2D eigenvalue weighted by molar-refractivity contribution is 7.89. The van der Waals surface area contributed by atoms with Crippen LogP contribution in [0.5, 0.6) is 0 Å². The lowest BCUT2D eigenvalue weighted by Gasteiger charge is -2.20. The van der Waals surface area contributed by atoms with Gasteiger partial charge in [-0.2, -0.15) is 0 Å². The largest absolute Gasteiger partial charge is 0.353 e. The fourth-order valence-corrected chi connectivity index (χ4v) is 4.06. The maximum absolute atomic E-state index is 12.7. The number of carbonyl (C=O) groups is 2. The number of rotatable bonds is 2. The van der Waals surface area contributed by atoms with E-state index in [1.807, 2.05) is 0 Å². The zero-order chi connectivity index (χ0) is 18.5. The minimum Gasteiger partial charge on any atom is -0.353 e. The van der Waals surface area contributed by atoms with Gasteiger partial charge in [0.05, 0.1) is 17.0 Å². The van der Waals surface area contributed by atoms with Crippen LogP contribution in [0.3, 0.4) is 0 Å². The summed E-state index contributed by atoms with van der Waals surface area (Å²) < 4.78 is 26.8. The van der Waals surface area contributed by atoms with E-state index in [9.17, 15) is 18.0 Å². The molecule has 0 saturated heterocycles. The van der Waals surface area contributed by atoms with Crippen LogP contribution in [0, 0.1) is 0 Å². The number of nitrogens with one attached hydrogen (secondary N) is 2. The summed E-state index contributed by atoms with van der Waals surface area (Å²) in [5.74, 6) is -0.731. The summed E-state index contributed by atoms with van der Waals surface area (Å²) in [5.41, 5.74) is 2.02. The number of hydrogen-bond acceptors (Lipinski definition) is 5. The van der Waals surface area contributed by atoms with Gasteiger partial charge in [0.2, 0.25) is 10.0 Å². The van der Waals surface area contributed by atoms with Crippen LogP contribution in [0.25, 0.3) is 6.08 Å². The molecule has 0 aromatic heterocycles. The van der Waals surface area contributed by atoms with Crippen molar-refractivity contribution in [3.63, 3.8) is 0 Å². The van der Waals surface area contributed by atoms with Crippen LogP contribution in [-0.2, 0) is 10.0 Å². The maximum Gasteiger partial charge on any atom is 0.242 e. The van der Waals surface area contributed by atoms with Crippen molar-refractivity contribution in [3.05, 3.63) is 76.5 Å². The van der Waals surface area contributed by atoms with Gasteiger partial charge in [-0.3, -0.25) is 9.59 Å². The minimum atomic E-state index is -3.71. The molecule has 1 aliphatic heterocycles. The number of sulfonamides is 1. The molecule has 130 valence electrons. The standard InChI is InChI=1S/C19H14N2O4S/c1-20-26(24,25)15-8-4-5-11-9-10-14(21-17(11)15)16-18(22)12-6-2-3-7-13(12)19(16)23/h2-10,20-21H,1H3. The molecule has 0 atom stereocenters. The summed E-state index contributed by atoms with van der Waals surface area (Å²) >= 11 is 0. The molecule has 0 amide bonds. The van der Waals surface area contributed by atoms with Crippen LogP contribution in [-0.4, -0.2) is 27.0 Å². The second-order valence-corrected chi connectivity index (χ2v) is 7.73. The van der Waals surface area contributed by atoms with Crippen LogP contribution in [0.1, 0.15) is 26.3 Å². The first kappa shape index (κ1) is 16.4. The highest BCUT2D eigenvalue weighted by Gasteiger charge is 2.36. The summed E-state index contributed by atoms with van der Waals surface area (Å²) in [6.45, 7) is 0. The highest BCUT2D eigenvalue weighted by atomic mass is 32.2. The summed E-state index contributed by atoms with van der Waals surface area (Å²) in [6, 6.07) is 11.5. The number of para-hydroxylation sites is 1.